The molecule has 0 aromatic heterocycles. The summed E-state index contributed by atoms with van der Waals surface area (Å²) in [5, 5.41) is 18.9. The van der Waals surface area contributed by atoms with Crippen molar-refractivity contribution in [3.05, 3.63) is 35.4 Å². The number of aromatic carboxylic acids is 2. The van der Waals surface area contributed by atoms with Gasteiger partial charge in [-0.25, -0.2) is 4.79 Å². The zero-order valence-corrected chi connectivity index (χ0v) is 21.2. The Morgan fingerprint density at radius 3 is 1.45 bits per heavy atom. The molecule has 0 spiro atoms. The van der Waals surface area contributed by atoms with Gasteiger partial charge in [-0.2, -0.15) is 0 Å². The van der Waals surface area contributed by atoms with Crippen LogP contribution in [0.15, 0.2) is 24.3 Å². The number of hydrogen-bond donors (Lipinski definition) is 1. The molecule has 94 valence electrons. The van der Waals surface area contributed by atoms with Gasteiger partial charge in [-0.15, -0.1) is 0 Å². The summed E-state index contributed by atoms with van der Waals surface area (Å²) in [7, 11) is -5.17. The maximum absolute atomic E-state index is 10.4. The Morgan fingerprint density at radius 2 is 1.25 bits per heavy atom. The van der Waals surface area contributed by atoms with Crippen LogP contribution in [0.4, 0.5) is 0 Å². The third kappa shape index (κ3) is 17.3. The summed E-state index contributed by atoms with van der Waals surface area (Å²) < 4.78 is 34.1. The first-order valence-corrected chi connectivity index (χ1v) is 5.16. The summed E-state index contributed by atoms with van der Waals surface area (Å²) in [6, 6.07) is 5.31. The first-order chi connectivity index (χ1) is 7.63. The van der Waals surface area contributed by atoms with Crippen LogP contribution in [0.1, 0.15) is 20.7 Å². The molecule has 0 unspecified atom stereocenters. The first-order valence-electron chi connectivity index (χ1n) is 3.83. The molecular weight excluding hydrogens is 373 g/mol. The van der Waals surface area contributed by atoms with Gasteiger partial charge >= 0.3 is 160 Å². The normalized spacial score (nSPS) is 8.50. The van der Waals surface area contributed by atoms with Crippen molar-refractivity contribution in [2.24, 2.45) is 0 Å². The van der Waals surface area contributed by atoms with Crippen molar-refractivity contribution in [3.8, 4) is 0 Å². The van der Waals surface area contributed by atoms with Crippen molar-refractivity contribution >= 4 is 22.3 Å². The average Bonchev–Trinajstić information content (AvgIpc) is 2.15. The molecule has 1 aromatic carbocycles. The largest absolute Gasteiger partial charge is 1.00 e. The van der Waals surface area contributed by atoms with Gasteiger partial charge in [0.1, 0.15) is 0 Å². The van der Waals surface area contributed by atoms with Crippen LogP contribution < -0.4 is 159 Å². The topological polar surface area (TPSA) is 158 Å². The van der Waals surface area contributed by atoms with Gasteiger partial charge in [-0.05, 0) is 6.07 Å². The fourth-order valence-electron chi connectivity index (χ4n) is 0.848. The van der Waals surface area contributed by atoms with Crippen molar-refractivity contribution in [3.63, 3.8) is 0 Å². The molecule has 0 radical (unpaired) electrons. The zero-order valence-electron chi connectivity index (χ0n) is 11.0. The SMILES string of the molecule is O=C([O-])c1ccccc1C(=O)O.O=S(=O)([O-])[O-].[K+].[K+].[K+]. The molecule has 1 rings (SSSR count). The molecular formula is C8H5K3O8S. The minimum Gasteiger partial charge on any atom is -0.759 e. The van der Waals surface area contributed by atoms with Crippen LogP contribution >= 0.6 is 0 Å². The third-order valence-corrected chi connectivity index (χ3v) is 1.38. The molecule has 0 amide bonds. The number of benzene rings is 1. The summed E-state index contributed by atoms with van der Waals surface area (Å²) in [6.07, 6.45) is 0. The van der Waals surface area contributed by atoms with Gasteiger partial charge < -0.3 is 24.1 Å². The second-order valence-electron chi connectivity index (χ2n) is 2.55. The van der Waals surface area contributed by atoms with Crippen LogP contribution in [-0.2, 0) is 10.4 Å². The molecule has 0 fully saturated rings. The number of rotatable bonds is 2. The van der Waals surface area contributed by atoms with E-state index in [0.29, 0.717) is 0 Å². The molecule has 0 bridgehead atoms. The van der Waals surface area contributed by atoms with E-state index < -0.39 is 22.3 Å². The Kier molecular flexibility index (Phi) is 23.8. The summed E-state index contributed by atoms with van der Waals surface area (Å²) >= 11 is 0. The molecule has 0 saturated carbocycles. The molecule has 1 aromatic rings. The Bertz CT molecular complexity index is 489. The number of carboxylic acids is 2. The minimum absolute atomic E-state index is 0. The van der Waals surface area contributed by atoms with Gasteiger partial charge in [0.15, 0.2) is 0 Å². The smallest absolute Gasteiger partial charge is 0.759 e. The van der Waals surface area contributed by atoms with Crippen LogP contribution in [0.25, 0.3) is 0 Å². The van der Waals surface area contributed by atoms with Gasteiger partial charge in [-0.1, -0.05) is 18.2 Å². The molecule has 0 atom stereocenters. The monoisotopic (exact) mass is 378 g/mol. The van der Waals surface area contributed by atoms with E-state index in [1.807, 2.05) is 0 Å². The predicted octanol–water partition coefficient (Wildman–Crippen LogP) is -10.6. The third-order valence-electron chi connectivity index (χ3n) is 1.38. The molecule has 0 saturated heterocycles. The first kappa shape index (κ1) is 30.8. The number of carboxylic acid groups (broad SMARTS) is 2. The van der Waals surface area contributed by atoms with Gasteiger partial charge in [-0.3, -0.25) is 8.42 Å². The Morgan fingerprint density at radius 1 is 0.950 bits per heavy atom. The standard InChI is InChI=1S/C8H6O4.3K.H2O4S/c9-7(10)5-3-1-2-4-6(5)8(11)12;;;;1-5(2,3)4/h1-4H,(H,9,10)(H,11,12);;;;(H2,1,2,3,4)/q;3*+1;/p-3. The summed E-state index contributed by atoms with van der Waals surface area (Å²) in [6.45, 7) is 0. The molecule has 0 heterocycles. The van der Waals surface area contributed by atoms with Gasteiger partial charge in [0.2, 0.25) is 0 Å². The van der Waals surface area contributed by atoms with E-state index in [9.17, 15) is 14.7 Å². The Labute approximate surface area is 242 Å². The Balaban J connectivity index is -0.000000141. The van der Waals surface area contributed by atoms with Crippen LogP contribution in [0.2, 0.25) is 0 Å². The molecule has 20 heavy (non-hydrogen) atoms. The van der Waals surface area contributed by atoms with E-state index in [2.05, 4.69) is 0 Å². The van der Waals surface area contributed by atoms with E-state index >= 15 is 0 Å². The molecule has 1 N–H and O–H groups in total. The molecule has 0 aliphatic heterocycles. The number of carbonyl (C=O) groups excluding carboxylic acids is 1. The van der Waals surface area contributed by atoms with Crippen LogP contribution in [0, 0.1) is 0 Å². The van der Waals surface area contributed by atoms with Gasteiger partial charge in [0.05, 0.1) is 11.5 Å². The van der Waals surface area contributed by atoms with Crippen LogP contribution in [0.5, 0.6) is 0 Å². The van der Waals surface area contributed by atoms with Crippen molar-refractivity contribution in [2.45, 2.75) is 0 Å². The van der Waals surface area contributed by atoms with Crippen molar-refractivity contribution in [1.29, 1.82) is 0 Å². The van der Waals surface area contributed by atoms with E-state index in [4.69, 9.17) is 22.6 Å². The predicted molar refractivity (Wildman–Crippen MR) is 48.2 cm³/mol. The fraction of sp³-hybridized carbons (Fsp3) is 0. The Hall–Kier alpha value is 2.94. The van der Waals surface area contributed by atoms with Gasteiger partial charge in [0.25, 0.3) is 0 Å². The minimum atomic E-state index is -5.17. The van der Waals surface area contributed by atoms with Crippen molar-refractivity contribution in [2.75, 3.05) is 0 Å². The summed E-state index contributed by atoms with van der Waals surface area (Å²) in [4.78, 5) is 20.8. The number of carbonyl (C=O) groups is 2. The van der Waals surface area contributed by atoms with Gasteiger partial charge in [0, 0.05) is 16.0 Å². The van der Waals surface area contributed by atoms with E-state index in [0.717, 1.165) is 0 Å². The zero-order chi connectivity index (χ0) is 13.6. The van der Waals surface area contributed by atoms with Crippen LogP contribution in [-0.4, -0.2) is 34.6 Å². The van der Waals surface area contributed by atoms with Crippen molar-refractivity contribution < 1.29 is 191 Å². The second kappa shape index (κ2) is 15.5. The fourth-order valence-corrected chi connectivity index (χ4v) is 0.848. The number of hydrogen-bond acceptors (Lipinski definition) is 7. The van der Waals surface area contributed by atoms with E-state index in [1.165, 1.54) is 24.3 Å². The molecule has 12 heteroatoms. The molecule has 0 aliphatic carbocycles. The summed E-state index contributed by atoms with van der Waals surface area (Å²) in [5.74, 6) is -2.75. The molecule has 0 aliphatic rings. The average molecular weight is 378 g/mol. The van der Waals surface area contributed by atoms with Crippen molar-refractivity contribution in [1.82, 2.24) is 0 Å². The quantitative estimate of drug-likeness (QED) is 0.302. The van der Waals surface area contributed by atoms with E-state index in [-0.39, 0.29) is 165 Å². The maximum Gasteiger partial charge on any atom is 1.00 e. The van der Waals surface area contributed by atoms with E-state index in [1.54, 1.807) is 0 Å². The summed E-state index contributed by atoms with van der Waals surface area (Å²) in [5.41, 5.74) is -0.553. The van der Waals surface area contributed by atoms with Crippen LogP contribution in [0.3, 0.4) is 0 Å². The molecule has 8 nitrogen and oxygen atoms in total. The second-order valence-corrected chi connectivity index (χ2v) is 3.36. The maximum atomic E-state index is 10.4.